The smallest absolute Gasteiger partial charge is 0.255 e. The molecule has 140 valence electrons. The van der Waals surface area contributed by atoms with Gasteiger partial charge in [0.25, 0.3) is 5.91 Å². The Morgan fingerprint density at radius 1 is 1.18 bits per heavy atom. The number of aromatic nitrogens is 1. The molecule has 6 heteroatoms. The van der Waals surface area contributed by atoms with E-state index in [4.69, 9.17) is 0 Å². The van der Waals surface area contributed by atoms with Gasteiger partial charge in [0.1, 0.15) is 6.07 Å². The third kappa shape index (κ3) is 3.96. The van der Waals surface area contributed by atoms with Gasteiger partial charge in [0.15, 0.2) is 0 Å². The van der Waals surface area contributed by atoms with Crippen molar-refractivity contribution in [2.75, 3.05) is 13.1 Å². The summed E-state index contributed by atoms with van der Waals surface area (Å²) in [6, 6.07) is 17.4. The summed E-state index contributed by atoms with van der Waals surface area (Å²) in [4.78, 5) is 21.5. The molecule has 0 spiro atoms. The zero-order chi connectivity index (χ0) is 19.3. The third-order valence-corrected chi connectivity index (χ3v) is 6.94. The number of amides is 1. The first kappa shape index (κ1) is 18.7. The van der Waals surface area contributed by atoms with Crippen molar-refractivity contribution in [1.29, 1.82) is 5.26 Å². The molecule has 0 aliphatic carbocycles. The van der Waals surface area contributed by atoms with Crippen LogP contribution < -0.4 is 0 Å². The second kappa shape index (κ2) is 8.59. The molecule has 4 rings (SSSR count). The molecule has 0 bridgehead atoms. The largest absolute Gasteiger partial charge is 0.338 e. The van der Waals surface area contributed by atoms with Crippen LogP contribution in [0, 0.1) is 11.3 Å². The van der Waals surface area contributed by atoms with Gasteiger partial charge in [-0.05, 0) is 37.1 Å². The summed E-state index contributed by atoms with van der Waals surface area (Å²) in [6.07, 6.45) is 3.89. The van der Waals surface area contributed by atoms with Gasteiger partial charge in [0.05, 0.1) is 16.1 Å². The van der Waals surface area contributed by atoms with E-state index in [-0.39, 0.29) is 5.91 Å². The lowest BCUT2D eigenvalue weighted by molar-refractivity contribution is 0.0703. The van der Waals surface area contributed by atoms with Crippen molar-refractivity contribution in [3.8, 4) is 6.07 Å². The van der Waals surface area contributed by atoms with Gasteiger partial charge < -0.3 is 4.90 Å². The van der Waals surface area contributed by atoms with Crippen LogP contribution in [0.5, 0.6) is 0 Å². The Morgan fingerprint density at radius 2 is 1.96 bits per heavy atom. The summed E-state index contributed by atoms with van der Waals surface area (Å²) in [5, 5.41) is 12.5. The van der Waals surface area contributed by atoms with Crippen LogP contribution in [-0.2, 0) is 0 Å². The molecule has 1 amide bonds. The van der Waals surface area contributed by atoms with Crippen LogP contribution in [0.25, 0.3) is 0 Å². The van der Waals surface area contributed by atoms with Crippen molar-refractivity contribution in [1.82, 2.24) is 9.88 Å². The first-order valence-electron chi connectivity index (χ1n) is 9.21. The molecule has 28 heavy (non-hydrogen) atoms. The summed E-state index contributed by atoms with van der Waals surface area (Å²) in [7, 11) is 0. The summed E-state index contributed by atoms with van der Waals surface area (Å²) >= 11 is 3.14. The second-order valence-electron chi connectivity index (χ2n) is 6.67. The predicted molar refractivity (Wildman–Crippen MR) is 112 cm³/mol. The first-order chi connectivity index (χ1) is 13.8. The zero-order valence-corrected chi connectivity index (χ0v) is 16.9. The number of piperidine rings is 1. The predicted octanol–water partition coefficient (Wildman–Crippen LogP) is 5.19. The van der Waals surface area contributed by atoms with Crippen LogP contribution in [-0.4, -0.2) is 28.9 Å². The minimum atomic E-state index is 0.0544. The van der Waals surface area contributed by atoms with Crippen LogP contribution in [0.4, 0.5) is 0 Å². The Balaban J connectivity index is 1.57. The fourth-order valence-electron chi connectivity index (χ4n) is 3.47. The molecule has 1 fully saturated rings. The summed E-state index contributed by atoms with van der Waals surface area (Å²) in [5.74, 6) is 0.371. The molecule has 1 saturated heterocycles. The van der Waals surface area contributed by atoms with E-state index >= 15 is 0 Å². The monoisotopic (exact) mass is 405 g/mol. The molecule has 1 atom stereocenters. The lowest BCUT2D eigenvalue weighted by atomic mass is 9.98. The van der Waals surface area contributed by atoms with Gasteiger partial charge in [-0.1, -0.05) is 36.0 Å². The number of rotatable bonds is 4. The van der Waals surface area contributed by atoms with Crippen molar-refractivity contribution >= 4 is 29.0 Å². The van der Waals surface area contributed by atoms with Gasteiger partial charge in [0, 0.05) is 40.4 Å². The standard InChI is InChI=1S/C22H19N3OS2/c23-14-16-6-1-3-9-19(16)28-20-10-4-2-8-18(20)22(26)25-12-5-7-17(15-25)21-24-11-13-27-21/h1-4,6,8-11,13,17H,5,7,12,15H2. The average molecular weight is 406 g/mol. The number of carbonyl (C=O) groups excluding carboxylic acids is 1. The number of hydrogen-bond donors (Lipinski definition) is 0. The molecule has 4 nitrogen and oxygen atoms in total. The Bertz CT molecular complexity index is 1010. The van der Waals surface area contributed by atoms with E-state index in [1.165, 1.54) is 11.8 Å². The minimum absolute atomic E-state index is 0.0544. The van der Waals surface area contributed by atoms with Crippen molar-refractivity contribution in [2.45, 2.75) is 28.6 Å². The second-order valence-corrected chi connectivity index (χ2v) is 8.68. The number of hydrogen-bond acceptors (Lipinski definition) is 5. The quantitative estimate of drug-likeness (QED) is 0.600. The van der Waals surface area contributed by atoms with E-state index in [0.29, 0.717) is 23.6 Å². The molecule has 1 unspecified atom stereocenters. The highest BCUT2D eigenvalue weighted by molar-refractivity contribution is 7.99. The van der Waals surface area contributed by atoms with Crippen molar-refractivity contribution in [3.05, 3.63) is 76.2 Å². The van der Waals surface area contributed by atoms with E-state index < -0.39 is 0 Å². The Hall–Kier alpha value is -2.62. The Morgan fingerprint density at radius 3 is 2.75 bits per heavy atom. The Kier molecular flexibility index (Phi) is 5.75. The maximum Gasteiger partial charge on any atom is 0.255 e. The molecule has 1 aromatic heterocycles. The van der Waals surface area contributed by atoms with Crippen molar-refractivity contribution in [3.63, 3.8) is 0 Å². The molecule has 0 N–H and O–H groups in total. The highest BCUT2D eigenvalue weighted by atomic mass is 32.2. The third-order valence-electron chi connectivity index (χ3n) is 4.85. The highest BCUT2D eigenvalue weighted by Crippen LogP contribution is 2.34. The number of nitriles is 1. The van der Waals surface area contributed by atoms with Gasteiger partial charge in [-0.2, -0.15) is 5.26 Å². The zero-order valence-electron chi connectivity index (χ0n) is 15.2. The summed E-state index contributed by atoms with van der Waals surface area (Å²) in [5.41, 5.74) is 1.32. The number of thiazole rings is 1. The first-order valence-corrected chi connectivity index (χ1v) is 10.9. The lowest BCUT2D eigenvalue weighted by Crippen LogP contribution is -2.39. The van der Waals surface area contributed by atoms with Gasteiger partial charge in [-0.15, -0.1) is 11.3 Å². The molecular weight excluding hydrogens is 386 g/mol. The normalized spacial score (nSPS) is 16.5. The molecule has 2 heterocycles. The molecule has 2 aromatic carbocycles. The number of likely N-dealkylation sites (tertiary alicyclic amines) is 1. The summed E-state index contributed by atoms with van der Waals surface area (Å²) < 4.78 is 0. The average Bonchev–Trinajstić information content (AvgIpc) is 3.29. The van der Waals surface area contributed by atoms with Crippen LogP contribution in [0.1, 0.15) is 39.7 Å². The van der Waals surface area contributed by atoms with E-state index in [1.54, 1.807) is 17.4 Å². The number of carbonyl (C=O) groups is 1. The molecule has 0 radical (unpaired) electrons. The van der Waals surface area contributed by atoms with Gasteiger partial charge in [-0.3, -0.25) is 4.79 Å². The number of benzene rings is 2. The fourth-order valence-corrected chi connectivity index (χ4v) is 5.26. The van der Waals surface area contributed by atoms with E-state index in [2.05, 4.69) is 11.1 Å². The SMILES string of the molecule is N#Cc1ccccc1Sc1ccccc1C(=O)N1CCCC(c2nccs2)C1. The highest BCUT2D eigenvalue weighted by Gasteiger charge is 2.28. The molecular formula is C22H19N3OS2. The molecule has 1 aliphatic heterocycles. The summed E-state index contributed by atoms with van der Waals surface area (Å²) in [6.45, 7) is 1.48. The van der Waals surface area contributed by atoms with Crippen LogP contribution in [0.2, 0.25) is 0 Å². The minimum Gasteiger partial charge on any atom is -0.338 e. The lowest BCUT2D eigenvalue weighted by Gasteiger charge is -2.32. The topological polar surface area (TPSA) is 57.0 Å². The van der Waals surface area contributed by atoms with Crippen LogP contribution >= 0.6 is 23.1 Å². The van der Waals surface area contributed by atoms with Gasteiger partial charge in [-0.25, -0.2) is 4.98 Å². The van der Waals surface area contributed by atoms with E-state index in [1.807, 2.05) is 58.9 Å². The Labute approximate surface area is 172 Å². The maximum atomic E-state index is 13.3. The molecule has 1 aliphatic rings. The fraction of sp³-hybridized carbons (Fsp3) is 0.227. The van der Waals surface area contributed by atoms with Crippen molar-refractivity contribution in [2.24, 2.45) is 0 Å². The molecule has 0 saturated carbocycles. The van der Waals surface area contributed by atoms with E-state index in [9.17, 15) is 10.1 Å². The van der Waals surface area contributed by atoms with Crippen molar-refractivity contribution < 1.29 is 4.79 Å². The van der Waals surface area contributed by atoms with Crippen LogP contribution in [0.3, 0.4) is 0 Å². The van der Waals surface area contributed by atoms with Crippen LogP contribution in [0.15, 0.2) is 69.9 Å². The number of nitrogens with zero attached hydrogens (tertiary/aromatic N) is 3. The van der Waals surface area contributed by atoms with Gasteiger partial charge >= 0.3 is 0 Å². The van der Waals surface area contributed by atoms with E-state index in [0.717, 1.165) is 34.2 Å². The molecule has 3 aromatic rings. The maximum absolute atomic E-state index is 13.3. The van der Waals surface area contributed by atoms with Gasteiger partial charge in [0.2, 0.25) is 0 Å².